The third-order valence-corrected chi connectivity index (χ3v) is 7.83. The molecular formula is C27H36Cl3N3O4S. The Labute approximate surface area is 241 Å². The van der Waals surface area contributed by atoms with Crippen molar-refractivity contribution in [1.82, 2.24) is 10.2 Å². The van der Waals surface area contributed by atoms with Gasteiger partial charge in [0.2, 0.25) is 21.8 Å². The average Bonchev–Trinajstić information content (AvgIpc) is 2.77. The van der Waals surface area contributed by atoms with Crippen molar-refractivity contribution in [2.24, 2.45) is 0 Å². The minimum Gasteiger partial charge on any atom is -0.350 e. The molecule has 0 aliphatic rings. The van der Waals surface area contributed by atoms with E-state index >= 15 is 0 Å². The van der Waals surface area contributed by atoms with Gasteiger partial charge in [0.05, 0.1) is 11.9 Å². The number of carbonyl (C=O) groups excluding carboxylic acids is 2. The summed E-state index contributed by atoms with van der Waals surface area (Å²) in [6.45, 7) is 9.43. The van der Waals surface area contributed by atoms with E-state index in [1.54, 1.807) is 43.3 Å². The Morgan fingerprint density at radius 3 is 2.18 bits per heavy atom. The van der Waals surface area contributed by atoms with Crippen LogP contribution in [0.5, 0.6) is 0 Å². The Bertz CT molecular complexity index is 1260. The van der Waals surface area contributed by atoms with E-state index in [1.165, 1.54) is 9.21 Å². The summed E-state index contributed by atoms with van der Waals surface area (Å²) in [5, 5.41) is 4.22. The van der Waals surface area contributed by atoms with E-state index in [9.17, 15) is 18.0 Å². The van der Waals surface area contributed by atoms with Crippen LogP contribution in [0.1, 0.15) is 58.1 Å². The molecule has 0 unspecified atom stereocenters. The standard InChI is InChI=1S/C27H36Cl3N3O4S/c1-7-23(26(35)31-27(3,4)5)32(17-19-11-13-20(28)15-22(19)30)25(34)9-8-14-33(38(6,36)37)24-16-21(29)12-10-18(24)2/h10-13,15-16,23H,7-9,14,17H2,1-6H3,(H,31,35)/t23-/m1/s1. The van der Waals surface area contributed by atoms with Gasteiger partial charge in [-0.1, -0.05) is 53.9 Å². The Kier molecular flexibility index (Phi) is 11.3. The van der Waals surface area contributed by atoms with Gasteiger partial charge in [-0.05, 0) is 75.9 Å². The number of benzene rings is 2. The highest BCUT2D eigenvalue weighted by Gasteiger charge is 2.31. The van der Waals surface area contributed by atoms with E-state index in [0.717, 1.165) is 11.8 Å². The van der Waals surface area contributed by atoms with Crippen LogP contribution in [0.15, 0.2) is 36.4 Å². The maximum absolute atomic E-state index is 13.6. The molecule has 11 heteroatoms. The fraction of sp³-hybridized carbons (Fsp3) is 0.481. The first-order chi connectivity index (χ1) is 17.5. The van der Waals surface area contributed by atoms with Crippen LogP contribution in [-0.4, -0.2) is 49.5 Å². The Hall–Kier alpha value is -2.00. The van der Waals surface area contributed by atoms with Crippen LogP contribution in [-0.2, 0) is 26.2 Å². The molecule has 0 saturated heterocycles. The smallest absolute Gasteiger partial charge is 0.243 e. The molecule has 0 bridgehead atoms. The monoisotopic (exact) mass is 603 g/mol. The number of nitrogens with one attached hydrogen (secondary N) is 1. The number of halogens is 3. The molecule has 0 saturated carbocycles. The van der Waals surface area contributed by atoms with Crippen LogP contribution in [0.3, 0.4) is 0 Å². The van der Waals surface area contributed by atoms with Crippen LogP contribution in [0, 0.1) is 6.92 Å². The highest BCUT2D eigenvalue weighted by atomic mass is 35.5. The van der Waals surface area contributed by atoms with E-state index in [2.05, 4.69) is 5.32 Å². The number of rotatable bonds is 11. The fourth-order valence-electron chi connectivity index (χ4n) is 4.04. The largest absolute Gasteiger partial charge is 0.350 e. The zero-order valence-corrected chi connectivity index (χ0v) is 25.7. The number of nitrogens with zero attached hydrogens (tertiary/aromatic N) is 2. The van der Waals surface area contributed by atoms with Crippen LogP contribution >= 0.6 is 34.8 Å². The molecule has 2 aromatic carbocycles. The van der Waals surface area contributed by atoms with Gasteiger partial charge in [-0.15, -0.1) is 0 Å². The maximum atomic E-state index is 13.6. The van der Waals surface area contributed by atoms with E-state index in [1.807, 2.05) is 27.7 Å². The summed E-state index contributed by atoms with van der Waals surface area (Å²) in [6, 6.07) is 9.30. The normalized spacial score (nSPS) is 12.7. The number of anilines is 1. The predicted octanol–water partition coefficient (Wildman–Crippen LogP) is 6.22. The van der Waals surface area contributed by atoms with Gasteiger partial charge in [0, 0.05) is 40.1 Å². The summed E-state index contributed by atoms with van der Waals surface area (Å²) in [5.74, 6) is -0.561. The van der Waals surface area contributed by atoms with Crippen LogP contribution < -0.4 is 9.62 Å². The Morgan fingerprint density at radius 1 is 1.03 bits per heavy atom. The van der Waals surface area contributed by atoms with Crippen LogP contribution in [0.2, 0.25) is 15.1 Å². The van der Waals surface area contributed by atoms with E-state index in [-0.39, 0.29) is 37.7 Å². The molecule has 0 aromatic heterocycles. The predicted molar refractivity (Wildman–Crippen MR) is 157 cm³/mol. The molecule has 0 spiro atoms. The van der Waals surface area contributed by atoms with Crippen molar-refractivity contribution in [3.8, 4) is 0 Å². The topological polar surface area (TPSA) is 86.8 Å². The van der Waals surface area contributed by atoms with Gasteiger partial charge in [-0.3, -0.25) is 13.9 Å². The molecule has 0 aliphatic heterocycles. The highest BCUT2D eigenvalue weighted by molar-refractivity contribution is 7.92. The van der Waals surface area contributed by atoms with E-state index in [0.29, 0.717) is 32.7 Å². The number of amides is 2. The van der Waals surface area contributed by atoms with Crippen LogP contribution in [0.4, 0.5) is 5.69 Å². The number of sulfonamides is 1. The lowest BCUT2D eigenvalue weighted by atomic mass is 10.0. The van der Waals surface area contributed by atoms with Crippen molar-refractivity contribution in [3.63, 3.8) is 0 Å². The number of carbonyl (C=O) groups is 2. The number of hydrogen-bond donors (Lipinski definition) is 1. The van der Waals surface area contributed by atoms with E-state index < -0.39 is 21.6 Å². The van der Waals surface area contributed by atoms with Crippen molar-refractivity contribution in [2.45, 2.75) is 72.0 Å². The van der Waals surface area contributed by atoms with E-state index in [4.69, 9.17) is 34.8 Å². The average molecular weight is 605 g/mol. The van der Waals surface area contributed by atoms with Gasteiger partial charge < -0.3 is 10.2 Å². The second-order valence-electron chi connectivity index (χ2n) is 10.3. The second-order valence-corrected chi connectivity index (χ2v) is 13.5. The van der Waals surface area contributed by atoms with Gasteiger partial charge >= 0.3 is 0 Å². The molecule has 2 aromatic rings. The highest BCUT2D eigenvalue weighted by Crippen LogP contribution is 2.28. The summed E-state index contributed by atoms with van der Waals surface area (Å²) in [5.41, 5.74) is 1.38. The summed E-state index contributed by atoms with van der Waals surface area (Å²) in [6.07, 6.45) is 1.76. The first-order valence-electron chi connectivity index (χ1n) is 12.3. The minimum absolute atomic E-state index is 0.0239. The quantitative estimate of drug-likeness (QED) is 0.330. The SMILES string of the molecule is CC[C@H](C(=O)NC(C)(C)C)N(Cc1ccc(Cl)cc1Cl)C(=O)CCCN(c1cc(Cl)ccc1C)S(C)(=O)=O. The molecule has 7 nitrogen and oxygen atoms in total. The molecule has 2 amide bonds. The van der Waals surface area contributed by atoms with Crippen molar-refractivity contribution >= 4 is 62.3 Å². The molecule has 1 atom stereocenters. The van der Waals surface area contributed by atoms with Gasteiger partial charge in [0.1, 0.15) is 6.04 Å². The molecule has 0 radical (unpaired) electrons. The van der Waals surface area contributed by atoms with Crippen LogP contribution in [0.25, 0.3) is 0 Å². The molecular weight excluding hydrogens is 569 g/mol. The molecule has 0 aliphatic carbocycles. The first kappa shape index (κ1) is 32.2. The molecule has 1 N–H and O–H groups in total. The van der Waals surface area contributed by atoms with Gasteiger partial charge in [0.25, 0.3) is 0 Å². The lowest BCUT2D eigenvalue weighted by Gasteiger charge is -2.33. The molecule has 38 heavy (non-hydrogen) atoms. The Morgan fingerprint density at radius 2 is 1.63 bits per heavy atom. The van der Waals surface area contributed by atoms with Gasteiger partial charge in [-0.2, -0.15) is 0 Å². The van der Waals surface area contributed by atoms with Crippen molar-refractivity contribution in [1.29, 1.82) is 0 Å². The maximum Gasteiger partial charge on any atom is 0.243 e. The zero-order valence-electron chi connectivity index (χ0n) is 22.6. The summed E-state index contributed by atoms with van der Waals surface area (Å²) < 4.78 is 26.4. The fourth-order valence-corrected chi connectivity index (χ4v) is 5.69. The summed E-state index contributed by atoms with van der Waals surface area (Å²) in [4.78, 5) is 28.3. The second kappa shape index (κ2) is 13.4. The van der Waals surface area contributed by atoms with Crippen molar-refractivity contribution in [2.75, 3.05) is 17.1 Å². The first-order valence-corrected chi connectivity index (χ1v) is 15.3. The third kappa shape index (κ3) is 9.33. The lowest BCUT2D eigenvalue weighted by molar-refractivity contribution is -0.142. The van der Waals surface area contributed by atoms with Gasteiger partial charge in [0.15, 0.2) is 0 Å². The summed E-state index contributed by atoms with van der Waals surface area (Å²) in [7, 11) is -3.63. The third-order valence-electron chi connectivity index (χ3n) is 5.83. The van der Waals surface area contributed by atoms with Crippen molar-refractivity contribution < 1.29 is 18.0 Å². The zero-order chi connectivity index (χ0) is 28.8. The lowest BCUT2D eigenvalue weighted by Crippen LogP contribution is -2.53. The molecule has 2 rings (SSSR count). The molecule has 0 heterocycles. The molecule has 0 fully saturated rings. The van der Waals surface area contributed by atoms with Gasteiger partial charge in [-0.25, -0.2) is 8.42 Å². The van der Waals surface area contributed by atoms with Crippen molar-refractivity contribution in [3.05, 3.63) is 62.6 Å². The number of aryl methyl sites for hydroxylation is 1. The number of hydrogen-bond acceptors (Lipinski definition) is 4. The molecule has 210 valence electrons. The minimum atomic E-state index is -3.63. The Balaban J connectivity index is 2.31. The summed E-state index contributed by atoms with van der Waals surface area (Å²) >= 11 is 18.6.